The first kappa shape index (κ1) is 14.9. The van der Waals surface area contributed by atoms with Crippen LogP contribution < -0.4 is 0 Å². The topological polar surface area (TPSA) is 33.0 Å². The van der Waals surface area contributed by atoms with Gasteiger partial charge in [0.05, 0.1) is 12.2 Å². The molecule has 0 amide bonds. The van der Waals surface area contributed by atoms with Gasteiger partial charge in [-0.1, -0.05) is 39.0 Å². The highest BCUT2D eigenvalue weighted by molar-refractivity contribution is 5.05. The number of nitrogens with zero attached hydrogens (tertiary/aromatic N) is 1. The van der Waals surface area contributed by atoms with Gasteiger partial charge >= 0.3 is 0 Å². The van der Waals surface area contributed by atoms with Gasteiger partial charge in [-0.2, -0.15) is 5.26 Å². The molecule has 1 atom stereocenters. The summed E-state index contributed by atoms with van der Waals surface area (Å²) in [7, 11) is 0. The zero-order chi connectivity index (χ0) is 13.7. The summed E-state index contributed by atoms with van der Waals surface area (Å²) in [5, 5.41) is 9.51. The molecule has 0 N–H and O–H groups in total. The second kappa shape index (κ2) is 6.75. The van der Waals surface area contributed by atoms with Gasteiger partial charge in [-0.25, -0.2) is 0 Å². The van der Waals surface area contributed by atoms with E-state index in [2.05, 4.69) is 19.9 Å². The maximum Gasteiger partial charge on any atom is 0.154 e. The first-order valence-corrected chi connectivity index (χ1v) is 8.28. The van der Waals surface area contributed by atoms with Crippen LogP contribution in [0.15, 0.2) is 0 Å². The van der Waals surface area contributed by atoms with E-state index in [1.807, 2.05) is 0 Å². The molecule has 0 heterocycles. The molecule has 2 heteroatoms. The first-order chi connectivity index (χ1) is 9.19. The maximum absolute atomic E-state index is 9.51. The molecule has 108 valence electrons. The van der Waals surface area contributed by atoms with Crippen molar-refractivity contribution in [2.75, 3.05) is 0 Å². The Labute approximate surface area is 118 Å². The van der Waals surface area contributed by atoms with Crippen molar-refractivity contribution in [1.82, 2.24) is 0 Å². The normalized spacial score (nSPS) is 34.7. The van der Waals surface area contributed by atoms with E-state index in [0.29, 0.717) is 0 Å². The minimum absolute atomic E-state index is 0.214. The summed E-state index contributed by atoms with van der Waals surface area (Å²) < 4.78 is 6.05. The third-order valence-corrected chi connectivity index (χ3v) is 5.36. The van der Waals surface area contributed by atoms with E-state index < -0.39 is 5.60 Å². The summed E-state index contributed by atoms with van der Waals surface area (Å²) in [6.07, 6.45) is 12.7. The van der Waals surface area contributed by atoms with E-state index in [0.717, 1.165) is 31.1 Å². The Bertz CT molecular complexity index is 306. The lowest BCUT2D eigenvalue weighted by Crippen LogP contribution is -2.39. The van der Waals surface area contributed by atoms with E-state index in [4.69, 9.17) is 4.74 Å². The predicted octanol–water partition coefficient (Wildman–Crippen LogP) is 4.83. The Morgan fingerprint density at radius 1 is 1.11 bits per heavy atom. The van der Waals surface area contributed by atoms with Gasteiger partial charge in [-0.3, -0.25) is 0 Å². The van der Waals surface area contributed by atoms with Gasteiger partial charge in [0.2, 0.25) is 0 Å². The van der Waals surface area contributed by atoms with Crippen LogP contribution in [0.25, 0.3) is 0 Å². The van der Waals surface area contributed by atoms with Crippen LogP contribution in [0.2, 0.25) is 0 Å². The van der Waals surface area contributed by atoms with E-state index in [-0.39, 0.29) is 6.10 Å². The highest BCUT2D eigenvalue weighted by Crippen LogP contribution is 2.42. The SMILES string of the molecule is CCC(C)OC1(C#N)CCC(C2CCCCC2)CC1. The van der Waals surface area contributed by atoms with Gasteiger partial charge in [0.1, 0.15) is 0 Å². The quantitative estimate of drug-likeness (QED) is 0.727. The van der Waals surface area contributed by atoms with Gasteiger partial charge in [0, 0.05) is 0 Å². The van der Waals surface area contributed by atoms with E-state index in [1.54, 1.807) is 0 Å². The van der Waals surface area contributed by atoms with Gasteiger partial charge in [-0.05, 0) is 50.9 Å². The molecule has 2 rings (SSSR count). The molecule has 2 aliphatic carbocycles. The summed E-state index contributed by atoms with van der Waals surface area (Å²) >= 11 is 0. The lowest BCUT2D eigenvalue weighted by Gasteiger charge is -2.40. The average Bonchev–Trinajstić information content (AvgIpc) is 2.48. The van der Waals surface area contributed by atoms with Crippen LogP contribution in [-0.2, 0) is 4.74 Å². The van der Waals surface area contributed by atoms with Crippen molar-refractivity contribution in [3.05, 3.63) is 0 Å². The third-order valence-electron chi connectivity index (χ3n) is 5.36. The highest BCUT2D eigenvalue weighted by Gasteiger charge is 2.39. The van der Waals surface area contributed by atoms with Crippen molar-refractivity contribution in [3.8, 4) is 6.07 Å². The van der Waals surface area contributed by atoms with Crippen molar-refractivity contribution in [2.24, 2.45) is 11.8 Å². The lowest BCUT2D eigenvalue weighted by atomic mass is 9.70. The molecule has 2 nitrogen and oxygen atoms in total. The summed E-state index contributed by atoms with van der Waals surface area (Å²) in [5.74, 6) is 1.80. The van der Waals surface area contributed by atoms with E-state index in [9.17, 15) is 5.26 Å². The van der Waals surface area contributed by atoms with E-state index in [1.165, 1.54) is 44.9 Å². The minimum Gasteiger partial charge on any atom is -0.357 e. The molecule has 2 fully saturated rings. The molecule has 0 aromatic heterocycles. The van der Waals surface area contributed by atoms with Crippen LogP contribution in [0.3, 0.4) is 0 Å². The van der Waals surface area contributed by atoms with Gasteiger partial charge in [0.25, 0.3) is 0 Å². The molecule has 0 aliphatic heterocycles. The fourth-order valence-electron chi connectivity index (χ4n) is 3.91. The molecule has 0 aromatic rings. The van der Waals surface area contributed by atoms with Crippen molar-refractivity contribution in [1.29, 1.82) is 5.26 Å². The summed E-state index contributed by atoms with van der Waals surface area (Å²) in [6.45, 7) is 4.22. The second-order valence-corrected chi connectivity index (χ2v) is 6.68. The molecular weight excluding hydrogens is 234 g/mol. The van der Waals surface area contributed by atoms with Crippen LogP contribution in [0.4, 0.5) is 0 Å². The second-order valence-electron chi connectivity index (χ2n) is 6.68. The lowest BCUT2D eigenvalue weighted by molar-refractivity contribution is -0.0821. The smallest absolute Gasteiger partial charge is 0.154 e. The van der Waals surface area contributed by atoms with Crippen LogP contribution >= 0.6 is 0 Å². The van der Waals surface area contributed by atoms with Gasteiger partial charge < -0.3 is 4.74 Å². The zero-order valence-electron chi connectivity index (χ0n) is 12.7. The molecule has 0 spiro atoms. The molecule has 0 aromatic carbocycles. The fourth-order valence-corrected chi connectivity index (χ4v) is 3.91. The predicted molar refractivity (Wildman–Crippen MR) is 77.7 cm³/mol. The standard InChI is InChI=1S/C17H29NO/c1-3-14(2)19-17(13-18)11-9-16(10-12-17)15-7-5-4-6-8-15/h14-16H,3-12H2,1-2H3. The van der Waals surface area contributed by atoms with Crippen LogP contribution in [-0.4, -0.2) is 11.7 Å². The van der Waals surface area contributed by atoms with Crippen molar-refractivity contribution in [2.45, 2.75) is 89.8 Å². The van der Waals surface area contributed by atoms with Crippen LogP contribution in [0.1, 0.15) is 78.1 Å². The van der Waals surface area contributed by atoms with Crippen molar-refractivity contribution < 1.29 is 4.74 Å². The molecule has 2 saturated carbocycles. The Morgan fingerprint density at radius 3 is 2.21 bits per heavy atom. The number of hydrogen-bond donors (Lipinski definition) is 0. The monoisotopic (exact) mass is 263 g/mol. The average molecular weight is 263 g/mol. The molecule has 19 heavy (non-hydrogen) atoms. The summed E-state index contributed by atoms with van der Waals surface area (Å²) in [4.78, 5) is 0. The van der Waals surface area contributed by atoms with Crippen LogP contribution in [0.5, 0.6) is 0 Å². The largest absolute Gasteiger partial charge is 0.357 e. The third kappa shape index (κ3) is 3.72. The maximum atomic E-state index is 9.51. The fraction of sp³-hybridized carbons (Fsp3) is 0.941. The minimum atomic E-state index is -0.472. The Hall–Kier alpha value is -0.550. The van der Waals surface area contributed by atoms with E-state index >= 15 is 0 Å². The van der Waals surface area contributed by atoms with Crippen LogP contribution in [0, 0.1) is 23.2 Å². The van der Waals surface area contributed by atoms with Crippen molar-refractivity contribution >= 4 is 0 Å². The molecular formula is C17H29NO. The number of ether oxygens (including phenoxy) is 1. The zero-order valence-corrected chi connectivity index (χ0v) is 12.7. The molecule has 2 aliphatic rings. The number of nitriles is 1. The Balaban J connectivity index is 1.87. The molecule has 0 radical (unpaired) electrons. The van der Waals surface area contributed by atoms with Gasteiger partial charge in [-0.15, -0.1) is 0 Å². The number of rotatable bonds is 4. The summed E-state index contributed by atoms with van der Waals surface area (Å²) in [6, 6.07) is 2.48. The van der Waals surface area contributed by atoms with Gasteiger partial charge in [0.15, 0.2) is 5.60 Å². The molecule has 0 saturated heterocycles. The van der Waals surface area contributed by atoms with Crippen molar-refractivity contribution in [3.63, 3.8) is 0 Å². The number of hydrogen-bond acceptors (Lipinski definition) is 2. The highest BCUT2D eigenvalue weighted by atomic mass is 16.5. The Kier molecular flexibility index (Phi) is 5.28. The Morgan fingerprint density at radius 2 is 1.68 bits per heavy atom. The molecule has 0 bridgehead atoms. The first-order valence-electron chi connectivity index (χ1n) is 8.28. The molecule has 1 unspecified atom stereocenters. The summed E-state index contributed by atoms with van der Waals surface area (Å²) in [5.41, 5.74) is -0.472.